The number of nitrogens with zero attached hydrogens (tertiary/aromatic N) is 2. The number of carbonyl (C=O) groups is 2. The molecule has 0 bridgehead atoms. The van der Waals surface area contributed by atoms with Crippen LogP contribution in [0.25, 0.3) is 0 Å². The fraction of sp³-hybridized carbons (Fsp3) is 0.583. The summed E-state index contributed by atoms with van der Waals surface area (Å²) in [7, 11) is 0. The minimum absolute atomic E-state index is 0.122. The van der Waals surface area contributed by atoms with Gasteiger partial charge in [0, 0.05) is 12.2 Å². The van der Waals surface area contributed by atoms with E-state index in [1.54, 1.807) is 0 Å². The Morgan fingerprint density at radius 1 is 1.42 bits per heavy atom. The predicted octanol–water partition coefficient (Wildman–Crippen LogP) is 1.44. The molecule has 0 aliphatic rings. The number of aryl methyl sites for hydroxylation is 1. The molecule has 19 heavy (non-hydrogen) atoms. The number of imide groups is 1. The molecule has 0 saturated carbocycles. The number of nitrogens with one attached hydrogen (secondary N) is 1. The molecule has 1 aromatic rings. The Morgan fingerprint density at radius 3 is 2.58 bits per heavy atom. The van der Waals surface area contributed by atoms with Crippen molar-refractivity contribution in [2.45, 2.75) is 39.4 Å². The van der Waals surface area contributed by atoms with E-state index in [0.29, 0.717) is 5.92 Å². The third-order valence-electron chi connectivity index (χ3n) is 2.57. The van der Waals surface area contributed by atoms with E-state index >= 15 is 0 Å². The van der Waals surface area contributed by atoms with E-state index in [1.807, 2.05) is 19.2 Å². The van der Waals surface area contributed by atoms with Crippen LogP contribution in [0.2, 0.25) is 0 Å². The Balaban J connectivity index is 2.75. The molecule has 0 unspecified atom stereocenters. The van der Waals surface area contributed by atoms with Crippen molar-refractivity contribution >= 4 is 23.7 Å². The molecule has 0 aliphatic carbocycles. The number of imidazole rings is 1. The molecule has 0 saturated heterocycles. The van der Waals surface area contributed by atoms with Gasteiger partial charge in [-0.3, -0.25) is 10.1 Å². The summed E-state index contributed by atoms with van der Waals surface area (Å²) >= 11 is 1.31. The van der Waals surface area contributed by atoms with Gasteiger partial charge in [0.1, 0.15) is 0 Å². The molecule has 0 fully saturated rings. The van der Waals surface area contributed by atoms with Crippen LogP contribution in [0.15, 0.2) is 5.16 Å². The zero-order valence-corrected chi connectivity index (χ0v) is 12.5. The number of thioether (sulfide) groups is 1. The van der Waals surface area contributed by atoms with Crippen LogP contribution in [0, 0.1) is 19.8 Å². The Morgan fingerprint density at radius 2 is 2.05 bits per heavy atom. The highest BCUT2D eigenvalue weighted by atomic mass is 32.2. The lowest BCUT2D eigenvalue weighted by atomic mass is 10.2. The smallest absolute Gasteiger partial charge is 0.318 e. The molecule has 0 aromatic carbocycles. The van der Waals surface area contributed by atoms with Gasteiger partial charge in [-0.1, -0.05) is 25.6 Å². The van der Waals surface area contributed by atoms with Gasteiger partial charge >= 0.3 is 6.03 Å². The van der Waals surface area contributed by atoms with Crippen LogP contribution in [0.1, 0.15) is 25.2 Å². The fourth-order valence-electron chi connectivity index (χ4n) is 1.62. The number of carbonyl (C=O) groups excluding carboxylic acids is 2. The summed E-state index contributed by atoms with van der Waals surface area (Å²) in [6.07, 6.45) is 0. The van der Waals surface area contributed by atoms with Crippen LogP contribution in [-0.4, -0.2) is 27.2 Å². The van der Waals surface area contributed by atoms with Crippen molar-refractivity contribution in [2.24, 2.45) is 11.7 Å². The molecule has 0 radical (unpaired) electrons. The number of hydrogen-bond acceptors (Lipinski definition) is 4. The maximum atomic E-state index is 11.4. The lowest BCUT2D eigenvalue weighted by molar-refractivity contribution is -0.117. The van der Waals surface area contributed by atoms with E-state index in [-0.39, 0.29) is 5.75 Å². The Kier molecular flexibility index (Phi) is 5.41. The molecule has 3 N–H and O–H groups in total. The zero-order valence-electron chi connectivity index (χ0n) is 11.7. The number of urea groups is 1. The second kappa shape index (κ2) is 6.60. The topological polar surface area (TPSA) is 90.0 Å². The average molecular weight is 284 g/mol. The largest absolute Gasteiger partial charge is 0.351 e. The molecule has 0 atom stereocenters. The lowest BCUT2D eigenvalue weighted by Crippen LogP contribution is -2.36. The first-order valence-electron chi connectivity index (χ1n) is 6.07. The van der Waals surface area contributed by atoms with E-state index in [9.17, 15) is 9.59 Å². The number of nitrogens with two attached hydrogens (primary N) is 1. The third-order valence-corrected chi connectivity index (χ3v) is 3.54. The number of hydrogen-bond donors (Lipinski definition) is 2. The van der Waals surface area contributed by atoms with Crippen LogP contribution in [0.4, 0.5) is 4.79 Å². The highest BCUT2D eigenvalue weighted by Gasteiger charge is 2.14. The minimum Gasteiger partial charge on any atom is -0.351 e. The molecule has 6 nitrogen and oxygen atoms in total. The number of amides is 3. The molecule has 106 valence electrons. The zero-order chi connectivity index (χ0) is 14.6. The first-order chi connectivity index (χ1) is 8.81. The summed E-state index contributed by atoms with van der Waals surface area (Å²) in [6, 6.07) is -0.830. The standard InChI is InChI=1S/C12H20N4O2S/c1-7(2)5-16-9(4)8(3)14-12(16)19-6-10(17)15-11(13)18/h7H,5-6H2,1-4H3,(H3,13,15,17,18). The van der Waals surface area contributed by atoms with Crippen molar-refractivity contribution in [3.05, 3.63) is 11.4 Å². The molecular weight excluding hydrogens is 264 g/mol. The highest BCUT2D eigenvalue weighted by Crippen LogP contribution is 2.22. The number of aromatic nitrogens is 2. The number of rotatable bonds is 5. The van der Waals surface area contributed by atoms with Gasteiger partial charge in [0.15, 0.2) is 5.16 Å². The van der Waals surface area contributed by atoms with Crippen LogP contribution in [0.3, 0.4) is 0 Å². The van der Waals surface area contributed by atoms with E-state index in [0.717, 1.165) is 23.1 Å². The minimum atomic E-state index is -0.830. The van der Waals surface area contributed by atoms with Crippen molar-refractivity contribution in [1.82, 2.24) is 14.9 Å². The summed E-state index contributed by atoms with van der Waals surface area (Å²) in [5, 5.41) is 2.83. The first-order valence-corrected chi connectivity index (χ1v) is 7.05. The summed E-state index contributed by atoms with van der Waals surface area (Å²) in [5.41, 5.74) is 6.95. The van der Waals surface area contributed by atoms with E-state index in [2.05, 4.69) is 23.4 Å². The normalized spacial score (nSPS) is 10.8. The fourth-order valence-corrected chi connectivity index (χ4v) is 2.52. The second-order valence-corrected chi connectivity index (χ2v) is 5.71. The molecule has 3 amide bonds. The average Bonchev–Trinajstić information content (AvgIpc) is 2.53. The SMILES string of the molecule is Cc1nc(SCC(=O)NC(N)=O)n(CC(C)C)c1C. The van der Waals surface area contributed by atoms with Crippen LogP contribution < -0.4 is 11.1 Å². The van der Waals surface area contributed by atoms with E-state index in [1.165, 1.54) is 11.8 Å². The summed E-state index contributed by atoms with van der Waals surface area (Å²) < 4.78 is 2.10. The first kappa shape index (κ1) is 15.6. The van der Waals surface area contributed by atoms with Crippen LogP contribution >= 0.6 is 11.8 Å². The van der Waals surface area contributed by atoms with Crippen LogP contribution in [-0.2, 0) is 11.3 Å². The third kappa shape index (κ3) is 4.59. The molecule has 0 spiro atoms. The Hall–Kier alpha value is -1.50. The van der Waals surface area contributed by atoms with Gasteiger partial charge in [-0.15, -0.1) is 0 Å². The quantitative estimate of drug-likeness (QED) is 0.801. The van der Waals surface area contributed by atoms with E-state index in [4.69, 9.17) is 5.73 Å². The molecular formula is C12H20N4O2S. The van der Waals surface area contributed by atoms with Gasteiger partial charge in [0.25, 0.3) is 0 Å². The summed E-state index contributed by atoms with van der Waals surface area (Å²) in [6.45, 7) is 9.07. The van der Waals surface area contributed by atoms with Gasteiger partial charge in [-0.25, -0.2) is 9.78 Å². The highest BCUT2D eigenvalue weighted by molar-refractivity contribution is 7.99. The van der Waals surface area contributed by atoms with Crippen molar-refractivity contribution in [3.8, 4) is 0 Å². The van der Waals surface area contributed by atoms with Crippen LogP contribution in [0.5, 0.6) is 0 Å². The van der Waals surface area contributed by atoms with Crippen molar-refractivity contribution in [1.29, 1.82) is 0 Å². The predicted molar refractivity (Wildman–Crippen MR) is 75.0 cm³/mol. The lowest BCUT2D eigenvalue weighted by Gasteiger charge is -2.12. The molecule has 1 aromatic heterocycles. The van der Waals surface area contributed by atoms with Crippen molar-refractivity contribution in [3.63, 3.8) is 0 Å². The summed E-state index contributed by atoms with van der Waals surface area (Å²) in [5.74, 6) is 0.203. The number of primary amides is 1. The molecule has 0 aliphatic heterocycles. The molecule has 1 heterocycles. The van der Waals surface area contributed by atoms with Gasteiger partial charge in [0.05, 0.1) is 11.4 Å². The second-order valence-electron chi connectivity index (χ2n) is 4.77. The van der Waals surface area contributed by atoms with Crippen molar-refractivity contribution in [2.75, 3.05) is 5.75 Å². The van der Waals surface area contributed by atoms with Gasteiger partial charge in [-0.05, 0) is 19.8 Å². The van der Waals surface area contributed by atoms with Gasteiger partial charge < -0.3 is 10.3 Å². The molecule has 1 rings (SSSR count). The monoisotopic (exact) mass is 284 g/mol. The van der Waals surface area contributed by atoms with Gasteiger partial charge in [-0.2, -0.15) is 0 Å². The van der Waals surface area contributed by atoms with E-state index < -0.39 is 11.9 Å². The Labute approximate surface area is 117 Å². The maximum Gasteiger partial charge on any atom is 0.318 e. The van der Waals surface area contributed by atoms with Crippen molar-refractivity contribution < 1.29 is 9.59 Å². The van der Waals surface area contributed by atoms with Gasteiger partial charge in [0.2, 0.25) is 5.91 Å². The Bertz CT molecular complexity index is 482. The maximum absolute atomic E-state index is 11.4. The summed E-state index contributed by atoms with van der Waals surface area (Å²) in [4.78, 5) is 26.4. The molecule has 7 heteroatoms.